The molecule has 0 aromatic heterocycles. The maximum absolute atomic E-state index is 6.00. The first kappa shape index (κ1) is 8.85. The van der Waals surface area contributed by atoms with Gasteiger partial charge >= 0.3 is 0 Å². The number of ether oxygens (including phenoxy) is 1. The number of hydrogen-bond donors (Lipinski definition) is 0. The molecule has 0 atom stereocenters. The van der Waals surface area contributed by atoms with Gasteiger partial charge in [0, 0.05) is 0 Å². The smallest absolute Gasteiger partial charge is 0.138 e. The van der Waals surface area contributed by atoms with Gasteiger partial charge in [0.05, 0.1) is 18.1 Å². The molecule has 0 amide bonds. The number of halogens is 1. The molecule has 0 unspecified atom stereocenters. The highest BCUT2D eigenvalue weighted by Crippen LogP contribution is 2.26. The monoisotopic (exact) mass is 196 g/mol. The predicted molar refractivity (Wildman–Crippen MR) is 52.5 cm³/mol. The van der Waals surface area contributed by atoms with Crippen LogP contribution in [-0.4, -0.2) is 19.2 Å². The normalized spacial score (nSPS) is 16.8. The van der Waals surface area contributed by atoms with E-state index in [1.807, 2.05) is 25.1 Å². The number of rotatable bonds is 2. The largest absolute Gasteiger partial charge is 0.486 e. The van der Waals surface area contributed by atoms with Crippen LogP contribution in [0.4, 0.5) is 0 Å². The Balaban J connectivity index is 2.10. The Morgan fingerprint density at radius 3 is 2.77 bits per heavy atom. The summed E-state index contributed by atoms with van der Waals surface area (Å²) in [5.74, 6) is 0.771. The average molecular weight is 197 g/mol. The highest BCUT2D eigenvalue weighted by Gasteiger charge is 2.20. The average Bonchev–Trinajstić information content (AvgIpc) is 1.99. The van der Waals surface area contributed by atoms with Crippen molar-refractivity contribution >= 4 is 11.6 Å². The van der Waals surface area contributed by atoms with Gasteiger partial charge in [-0.3, -0.25) is 0 Å². The Hall–Kier alpha value is -0.730. The third-order valence-corrected chi connectivity index (χ3v) is 2.34. The first-order valence-electron chi connectivity index (χ1n) is 4.32. The van der Waals surface area contributed by atoms with Gasteiger partial charge in [-0.05, 0) is 24.6 Å². The molecule has 0 bridgehead atoms. The lowest BCUT2D eigenvalue weighted by Crippen LogP contribution is -2.45. The lowest BCUT2D eigenvalue weighted by atomic mass is 10.2. The van der Waals surface area contributed by atoms with Gasteiger partial charge in [0.1, 0.15) is 11.9 Å². The van der Waals surface area contributed by atoms with Crippen LogP contribution in [0.5, 0.6) is 5.75 Å². The van der Waals surface area contributed by atoms with Crippen molar-refractivity contribution in [2.24, 2.45) is 0 Å². The van der Waals surface area contributed by atoms with Crippen molar-refractivity contribution in [3.63, 3.8) is 0 Å². The summed E-state index contributed by atoms with van der Waals surface area (Å²) in [5, 5.41) is 4.76. The molecule has 1 aliphatic heterocycles. The summed E-state index contributed by atoms with van der Waals surface area (Å²) in [6.45, 7) is 3.60. The molecule has 13 heavy (non-hydrogen) atoms. The topological polar surface area (TPSA) is 23.3 Å². The fraction of sp³-hybridized carbons (Fsp3) is 0.400. The Bertz CT molecular complexity index is 310. The molecule has 0 aliphatic carbocycles. The first-order valence-corrected chi connectivity index (χ1v) is 4.69. The summed E-state index contributed by atoms with van der Waals surface area (Å²) >= 11 is 6.00. The molecular formula is C10H11ClNO. The first-order chi connectivity index (χ1) is 6.25. The minimum absolute atomic E-state index is 0.236. The van der Waals surface area contributed by atoms with Crippen LogP contribution in [0, 0.1) is 6.92 Å². The maximum atomic E-state index is 6.00. The van der Waals surface area contributed by atoms with E-state index in [0.29, 0.717) is 5.02 Å². The molecule has 1 saturated heterocycles. The summed E-state index contributed by atoms with van der Waals surface area (Å²) in [5.41, 5.74) is 1.15. The van der Waals surface area contributed by atoms with Gasteiger partial charge in [-0.15, -0.1) is 0 Å². The van der Waals surface area contributed by atoms with Crippen LogP contribution < -0.4 is 10.1 Å². The summed E-state index contributed by atoms with van der Waals surface area (Å²) in [7, 11) is 0. The lowest BCUT2D eigenvalue weighted by Gasteiger charge is -2.26. The van der Waals surface area contributed by atoms with E-state index >= 15 is 0 Å². The summed E-state index contributed by atoms with van der Waals surface area (Å²) < 4.78 is 5.61. The summed E-state index contributed by atoms with van der Waals surface area (Å²) in [4.78, 5) is 0. The Labute approximate surface area is 82.9 Å². The number of hydrogen-bond acceptors (Lipinski definition) is 1. The molecule has 1 aliphatic rings. The van der Waals surface area contributed by atoms with Gasteiger partial charge in [0.2, 0.25) is 0 Å². The SMILES string of the molecule is Cc1ccc(OC2C[N]C2)c(Cl)c1. The van der Waals surface area contributed by atoms with Gasteiger partial charge in [-0.1, -0.05) is 17.7 Å². The van der Waals surface area contributed by atoms with Crippen molar-refractivity contribution in [1.29, 1.82) is 0 Å². The molecule has 1 aromatic rings. The minimum Gasteiger partial charge on any atom is -0.486 e. The molecule has 69 valence electrons. The standard InChI is InChI=1S/C10H11ClNO/c1-7-2-3-10(9(11)4-7)13-8-5-12-6-8/h2-4,8H,5-6H2,1H3. The highest BCUT2D eigenvalue weighted by atomic mass is 35.5. The quantitative estimate of drug-likeness (QED) is 0.710. The van der Waals surface area contributed by atoms with E-state index in [1.165, 1.54) is 0 Å². The molecule has 1 aromatic carbocycles. The second kappa shape index (κ2) is 3.56. The molecule has 0 spiro atoms. The van der Waals surface area contributed by atoms with Crippen molar-refractivity contribution in [2.45, 2.75) is 13.0 Å². The van der Waals surface area contributed by atoms with Crippen LogP contribution in [0.15, 0.2) is 18.2 Å². The van der Waals surface area contributed by atoms with E-state index in [-0.39, 0.29) is 6.10 Å². The van der Waals surface area contributed by atoms with E-state index in [2.05, 4.69) is 5.32 Å². The molecule has 1 heterocycles. The zero-order valence-electron chi connectivity index (χ0n) is 7.46. The predicted octanol–water partition coefficient (Wildman–Crippen LogP) is 2.01. The van der Waals surface area contributed by atoms with E-state index in [0.717, 1.165) is 24.4 Å². The molecule has 1 radical (unpaired) electrons. The molecule has 2 nitrogen and oxygen atoms in total. The molecule has 0 N–H and O–H groups in total. The second-order valence-electron chi connectivity index (χ2n) is 3.26. The number of benzene rings is 1. The van der Waals surface area contributed by atoms with E-state index in [4.69, 9.17) is 16.3 Å². The third-order valence-electron chi connectivity index (χ3n) is 2.05. The fourth-order valence-electron chi connectivity index (χ4n) is 1.19. The Morgan fingerprint density at radius 1 is 1.46 bits per heavy atom. The molecule has 3 heteroatoms. The highest BCUT2D eigenvalue weighted by molar-refractivity contribution is 6.32. The molecule has 0 saturated carbocycles. The maximum Gasteiger partial charge on any atom is 0.138 e. The van der Waals surface area contributed by atoms with Gasteiger partial charge in [0.15, 0.2) is 0 Å². The van der Waals surface area contributed by atoms with Crippen molar-refractivity contribution in [2.75, 3.05) is 13.1 Å². The second-order valence-corrected chi connectivity index (χ2v) is 3.67. The zero-order chi connectivity index (χ0) is 9.26. The Kier molecular flexibility index (Phi) is 2.42. The van der Waals surface area contributed by atoms with Gasteiger partial charge in [-0.2, -0.15) is 0 Å². The zero-order valence-corrected chi connectivity index (χ0v) is 8.21. The van der Waals surface area contributed by atoms with Crippen LogP contribution >= 0.6 is 11.6 Å². The van der Waals surface area contributed by atoms with Crippen LogP contribution in [0.25, 0.3) is 0 Å². The van der Waals surface area contributed by atoms with Crippen molar-refractivity contribution in [3.8, 4) is 5.75 Å². The molecular weight excluding hydrogens is 186 g/mol. The summed E-state index contributed by atoms with van der Waals surface area (Å²) in [6.07, 6.45) is 0.236. The van der Waals surface area contributed by atoms with Crippen LogP contribution in [0.1, 0.15) is 5.56 Å². The van der Waals surface area contributed by atoms with E-state index < -0.39 is 0 Å². The minimum atomic E-state index is 0.236. The Morgan fingerprint density at radius 2 is 2.23 bits per heavy atom. The molecule has 2 rings (SSSR count). The summed E-state index contributed by atoms with van der Waals surface area (Å²) in [6, 6.07) is 5.82. The van der Waals surface area contributed by atoms with Crippen LogP contribution in [0.3, 0.4) is 0 Å². The van der Waals surface area contributed by atoms with Gasteiger partial charge < -0.3 is 4.74 Å². The van der Waals surface area contributed by atoms with Crippen molar-refractivity contribution < 1.29 is 4.74 Å². The third kappa shape index (κ3) is 1.95. The van der Waals surface area contributed by atoms with Gasteiger partial charge in [-0.25, -0.2) is 5.32 Å². The number of nitrogens with zero attached hydrogens (tertiary/aromatic N) is 1. The number of aryl methyl sites for hydroxylation is 1. The molecule has 1 fully saturated rings. The van der Waals surface area contributed by atoms with Gasteiger partial charge in [0.25, 0.3) is 0 Å². The van der Waals surface area contributed by atoms with Crippen molar-refractivity contribution in [3.05, 3.63) is 28.8 Å². The van der Waals surface area contributed by atoms with Crippen molar-refractivity contribution in [1.82, 2.24) is 5.32 Å². The van der Waals surface area contributed by atoms with E-state index in [9.17, 15) is 0 Å². The van der Waals surface area contributed by atoms with Crippen LogP contribution in [-0.2, 0) is 0 Å². The fourth-order valence-corrected chi connectivity index (χ4v) is 1.47. The van der Waals surface area contributed by atoms with Crippen LogP contribution in [0.2, 0.25) is 5.02 Å². The lowest BCUT2D eigenvalue weighted by molar-refractivity contribution is 0.139. The van der Waals surface area contributed by atoms with E-state index in [1.54, 1.807) is 0 Å².